The van der Waals surface area contributed by atoms with Crippen LogP contribution in [0.4, 0.5) is 4.79 Å². The Kier molecular flexibility index (Phi) is 6.45. The number of carbonyl (C=O) groups is 1. The van der Waals surface area contributed by atoms with E-state index in [1.807, 2.05) is 18.2 Å². The van der Waals surface area contributed by atoms with Gasteiger partial charge >= 0.3 is 6.03 Å². The topological polar surface area (TPSA) is 75.3 Å². The molecule has 6 heteroatoms. The van der Waals surface area contributed by atoms with Crippen LogP contribution in [0.3, 0.4) is 0 Å². The molecule has 0 bridgehead atoms. The van der Waals surface area contributed by atoms with Gasteiger partial charge in [-0.2, -0.15) is 0 Å². The van der Waals surface area contributed by atoms with Crippen LogP contribution in [-0.2, 0) is 9.84 Å². The van der Waals surface area contributed by atoms with Crippen LogP contribution in [0.25, 0.3) is 0 Å². The first kappa shape index (κ1) is 17.8. The van der Waals surface area contributed by atoms with Gasteiger partial charge in [-0.15, -0.1) is 0 Å². The Morgan fingerprint density at radius 3 is 2.48 bits per heavy atom. The number of urea groups is 1. The van der Waals surface area contributed by atoms with Crippen molar-refractivity contribution in [1.82, 2.24) is 10.6 Å². The smallest absolute Gasteiger partial charge is 0.314 e. The van der Waals surface area contributed by atoms with Crippen molar-refractivity contribution in [2.24, 2.45) is 5.92 Å². The lowest BCUT2D eigenvalue weighted by molar-refractivity contribution is 0.238. The van der Waals surface area contributed by atoms with Crippen LogP contribution in [0.2, 0.25) is 0 Å². The van der Waals surface area contributed by atoms with Crippen molar-refractivity contribution in [3.05, 3.63) is 35.9 Å². The van der Waals surface area contributed by atoms with Gasteiger partial charge in [0.2, 0.25) is 0 Å². The molecule has 0 aliphatic carbocycles. The number of nitrogens with one attached hydrogen (secondary N) is 2. The lowest BCUT2D eigenvalue weighted by atomic mass is 9.98. The van der Waals surface area contributed by atoms with Gasteiger partial charge in [0.1, 0.15) is 9.84 Å². The summed E-state index contributed by atoms with van der Waals surface area (Å²) in [6.07, 6.45) is 2.18. The first-order chi connectivity index (χ1) is 11.0. The fourth-order valence-corrected chi connectivity index (χ4v) is 4.38. The molecule has 1 aromatic carbocycles. The molecular weight excluding hydrogens is 312 g/mol. The van der Waals surface area contributed by atoms with Gasteiger partial charge in [-0.05, 0) is 36.7 Å². The first-order valence-electron chi connectivity index (χ1n) is 8.23. The Balaban J connectivity index is 1.60. The van der Waals surface area contributed by atoms with Crippen molar-refractivity contribution < 1.29 is 13.2 Å². The number of amides is 2. The normalized spacial score (nSPS) is 19.0. The van der Waals surface area contributed by atoms with E-state index in [4.69, 9.17) is 0 Å². The summed E-state index contributed by atoms with van der Waals surface area (Å²) in [5.41, 5.74) is 1.28. The molecule has 1 aliphatic rings. The third-order valence-electron chi connectivity index (χ3n) is 4.46. The molecule has 2 N–H and O–H groups in total. The highest BCUT2D eigenvalue weighted by molar-refractivity contribution is 7.91. The Bertz CT molecular complexity index is 588. The lowest BCUT2D eigenvalue weighted by Gasteiger charge is -2.22. The third kappa shape index (κ3) is 6.22. The van der Waals surface area contributed by atoms with E-state index >= 15 is 0 Å². The molecular formula is C17H26N2O3S. The van der Waals surface area contributed by atoms with Crippen molar-refractivity contribution in [3.8, 4) is 0 Å². The van der Waals surface area contributed by atoms with Gasteiger partial charge in [-0.1, -0.05) is 37.3 Å². The van der Waals surface area contributed by atoms with E-state index in [0.29, 0.717) is 31.8 Å². The third-order valence-corrected chi connectivity index (χ3v) is 6.17. The first-order valence-corrected chi connectivity index (χ1v) is 10.1. The fraction of sp³-hybridized carbons (Fsp3) is 0.588. The summed E-state index contributed by atoms with van der Waals surface area (Å²) in [4.78, 5) is 11.8. The number of hydrogen-bond acceptors (Lipinski definition) is 3. The summed E-state index contributed by atoms with van der Waals surface area (Å²) in [7, 11) is -2.83. The quantitative estimate of drug-likeness (QED) is 0.836. The molecule has 1 aromatic rings. The predicted molar refractivity (Wildman–Crippen MR) is 92.3 cm³/mol. The second kappa shape index (κ2) is 8.34. The van der Waals surface area contributed by atoms with Crippen LogP contribution in [0.15, 0.2) is 30.3 Å². The molecule has 1 fully saturated rings. The minimum atomic E-state index is -2.83. The minimum Gasteiger partial charge on any atom is -0.338 e. The SMILES string of the molecule is C[C@@H](CCNC(=O)NCC1CCS(=O)(=O)CC1)c1ccccc1. The Labute approximate surface area is 138 Å². The highest BCUT2D eigenvalue weighted by atomic mass is 32.2. The van der Waals surface area contributed by atoms with Gasteiger partial charge in [0.25, 0.3) is 0 Å². The van der Waals surface area contributed by atoms with Crippen LogP contribution >= 0.6 is 0 Å². The molecule has 0 aromatic heterocycles. The van der Waals surface area contributed by atoms with Gasteiger partial charge in [0.15, 0.2) is 0 Å². The lowest BCUT2D eigenvalue weighted by Crippen LogP contribution is -2.40. The summed E-state index contributed by atoms with van der Waals surface area (Å²) < 4.78 is 22.7. The predicted octanol–water partition coefficient (Wildman–Crippen LogP) is 2.30. The van der Waals surface area contributed by atoms with Crippen molar-refractivity contribution in [1.29, 1.82) is 0 Å². The van der Waals surface area contributed by atoms with Crippen LogP contribution in [0.5, 0.6) is 0 Å². The van der Waals surface area contributed by atoms with Gasteiger partial charge in [0, 0.05) is 13.1 Å². The van der Waals surface area contributed by atoms with Gasteiger partial charge in [0.05, 0.1) is 11.5 Å². The summed E-state index contributed by atoms with van der Waals surface area (Å²) in [6.45, 7) is 3.33. The fourth-order valence-electron chi connectivity index (χ4n) is 2.79. The molecule has 2 amide bonds. The molecule has 1 saturated heterocycles. The zero-order chi connectivity index (χ0) is 16.7. The molecule has 1 atom stereocenters. The van der Waals surface area contributed by atoms with Gasteiger partial charge in [-0.25, -0.2) is 13.2 Å². The van der Waals surface area contributed by atoms with Crippen LogP contribution < -0.4 is 10.6 Å². The average molecular weight is 338 g/mol. The summed E-state index contributed by atoms with van der Waals surface area (Å²) in [5, 5.41) is 5.72. The van der Waals surface area contributed by atoms with E-state index in [2.05, 4.69) is 29.7 Å². The van der Waals surface area contributed by atoms with Gasteiger partial charge < -0.3 is 10.6 Å². The number of sulfone groups is 1. The van der Waals surface area contributed by atoms with E-state index in [-0.39, 0.29) is 23.5 Å². The van der Waals surface area contributed by atoms with E-state index in [0.717, 1.165) is 6.42 Å². The maximum Gasteiger partial charge on any atom is 0.314 e. The number of carbonyl (C=O) groups excluding carboxylic acids is 1. The van der Waals surface area contributed by atoms with Crippen molar-refractivity contribution >= 4 is 15.9 Å². The largest absolute Gasteiger partial charge is 0.338 e. The summed E-state index contributed by atoms with van der Waals surface area (Å²) in [5.74, 6) is 1.16. The summed E-state index contributed by atoms with van der Waals surface area (Å²) in [6, 6.07) is 10.1. The van der Waals surface area contributed by atoms with Crippen LogP contribution in [-0.4, -0.2) is 39.0 Å². The van der Waals surface area contributed by atoms with Crippen molar-refractivity contribution in [2.75, 3.05) is 24.6 Å². The van der Waals surface area contributed by atoms with E-state index in [1.54, 1.807) is 0 Å². The second-order valence-corrected chi connectivity index (χ2v) is 8.64. The Morgan fingerprint density at radius 2 is 1.83 bits per heavy atom. The number of rotatable bonds is 6. The molecule has 1 aliphatic heterocycles. The molecule has 0 saturated carbocycles. The highest BCUT2D eigenvalue weighted by Gasteiger charge is 2.23. The zero-order valence-corrected chi connectivity index (χ0v) is 14.4. The molecule has 1 heterocycles. The summed E-state index contributed by atoms with van der Waals surface area (Å²) >= 11 is 0. The minimum absolute atomic E-state index is 0.168. The molecule has 5 nitrogen and oxygen atoms in total. The Morgan fingerprint density at radius 1 is 1.17 bits per heavy atom. The molecule has 2 rings (SSSR count). The number of hydrogen-bond donors (Lipinski definition) is 2. The highest BCUT2D eigenvalue weighted by Crippen LogP contribution is 2.18. The maximum absolute atomic E-state index is 11.8. The monoisotopic (exact) mass is 338 g/mol. The second-order valence-electron chi connectivity index (χ2n) is 6.33. The van der Waals surface area contributed by atoms with Crippen molar-refractivity contribution in [3.63, 3.8) is 0 Å². The van der Waals surface area contributed by atoms with Crippen LogP contribution in [0, 0.1) is 5.92 Å². The van der Waals surface area contributed by atoms with E-state index < -0.39 is 9.84 Å². The number of benzene rings is 1. The standard InChI is InChI=1S/C17H26N2O3S/c1-14(16-5-3-2-4-6-16)7-10-18-17(20)19-13-15-8-11-23(21,22)12-9-15/h2-6,14-15H,7-13H2,1H3,(H2,18,19,20)/t14-/m0/s1. The molecule has 0 unspecified atom stereocenters. The molecule has 0 radical (unpaired) electrons. The zero-order valence-electron chi connectivity index (χ0n) is 13.6. The van der Waals surface area contributed by atoms with E-state index in [1.165, 1.54) is 5.56 Å². The Hall–Kier alpha value is -1.56. The molecule has 0 spiro atoms. The van der Waals surface area contributed by atoms with Crippen LogP contribution in [0.1, 0.15) is 37.7 Å². The maximum atomic E-state index is 11.8. The van der Waals surface area contributed by atoms with Gasteiger partial charge in [-0.3, -0.25) is 0 Å². The van der Waals surface area contributed by atoms with Crippen molar-refractivity contribution in [2.45, 2.75) is 32.1 Å². The van der Waals surface area contributed by atoms with E-state index in [9.17, 15) is 13.2 Å². The molecule has 128 valence electrons. The average Bonchev–Trinajstić information content (AvgIpc) is 2.54. The molecule has 23 heavy (non-hydrogen) atoms.